The van der Waals surface area contributed by atoms with Gasteiger partial charge >= 0.3 is 0 Å². The number of hydrogen-bond donors (Lipinski definition) is 1. The lowest BCUT2D eigenvalue weighted by Gasteiger charge is -2.34. The fraction of sp³-hybridized carbons (Fsp3) is 0.500. The first kappa shape index (κ1) is 16.9. The molecule has 0 amide bonds. The van der Waals surface area contributed by atoms with Crippen LogP contribution < -0.4 is 5.73 Å². The van der Waals surface area contributed by atoms with Crippen LogP contribution in [-0.2, 0) is 10.0 Å². The summed E-state index contributed by atoms with van der Waals surface area (Å²) in [4.78, 5) is 0.324. The van der Waals surface area contributed by atoms with Gasteiger partial charge in [-0.15, -0.1) is 12.4 Å². The van der Waals surface area contributed by atoms with Crippen LogP contribution >= 0.6 is 28.3 Å². The van der Waals surface area contributed by atoms with Gasteiger partial charge in [-0.05, 0) is 40.9 Å². The van der Waals surface area contributed by atoms with Gasteiger partial charge < -0.3 is 5.73 Å². The Morgan fingerprint density at radius 2 is 2.00 bits per heavy atom. The van der Waals surface area contributed by atoms with Gasteiger partial charge in [0, 0.05) is 23.6 Å². The van der Waals surface area contributed by atoms with Crippen LogP contribution in [0.1, 0.15) is 19.3 Å². The summed E-state index contributed by atoms with van der Waals surface area (Å²) in [5.74, 6) is 0. The molecule has 4 nitrogen and oxygen atoms in total. The second-order valence-electron chi connectivity index (χ2n) is 4.43. The lowest BCUT2D eigenvalue weighted by atomic mass is 10.1. The summed E-state index contributed by atoms with van der Waals surface area (Å²) in [5.41, 5.74) is 5.69. The molecular formula is C12H18BrClN2O2S. The number of nitrogens with two attached hydrogens (primary N) is 1. The van der Waals surface area contributed by atoms with Crippen molar-refractivity contribution in [1.82, 2.24) is 4.31 Å². The van der Waals surface area contributed by atoms with Crippen molar-refractivity contribution in [2.75, 3.05) is 13.1 Å². The van der Waals surface area contributed by atoms with E-state index in [1.54, 1.807) is 28.6 Å². The molecule has 7 heteroatoms. The van der Waals surface area contributed by atoms with Gasteiger partial charge in [0.1, 0.15) is 0 Å². The SMILES string of the molecule is Cl.NCC1CCCCN1S(=O)(=O)c1ccccc1Br. The monoisotopic (exact) mass is 368 g/mol. The second-order valence-corrected chi connectivity index (χ2v) is 7.14. The topological polar surface area (TPSA) is 63.4 Å². The van der Waals surface area contributed by atoms with Crippen molar-refractivity contribution in [3.8, 4) is 0 Å². The average Bonchev–Trinajstić information content (AvgIpc) is 2.39. The lowest BCUT2D eigenvalue weighted by Crippen LogP contribution is -2.47. The molecule has 1 saturated heterocycles. The minimum Gasteiger partial charge on any atom is -0.329 e. The highest BCUT2D eigenvalue weighted by Crippen LogP contribution is 2.29. The molecule has 1 unspecified atom stereocenters. The molecule has 108 valence electrons. The zero-order chi connectivity index (χ0) is 13.2. The van der Waals surface area contributed by atoms with Gasteiger partial charge in [-0.25, -0.2) is 8.42 Å². The van der Waals surface area contributed by atoms with Crippen LogP contribution in [0.4, 0.5) is 0 Å². The third-order valence-corrected chi connectivity index (χ3v) is 6.23. The molecule has 1 aliphatic heterocycles. The van der Waals surface area contributed by atoms with Gasteiger partial charge in [0.15, 0.2) is 0 Å². The first-order valence-electron chi connectivity index (χ1n) is 6.04. The molecule has 1 atom stereocenters. The van der Waals surface area contributed by atoms with Crippen LogP contribution in [0.25, 0.3) is 0 Å². The predicted molar refractivity (Wildman–Crippen MR) is 82.0 cm³/mol. The van der Waals surface area contributed by atoms with E-state index >= 15 is 0 Å². The second kappa shape index (κ2) is 7.04. The maximum atomic E-state index is 12.6. The first-order valence-corrected chi connectivity index (χ1v) is 8.27. The molecule has 19 heavy (non-hydrogen) atoms. The Balaban J connectivity index is 0.00000180. The van der Waals surface area contributed by atoms with Crippen LogP contribution in [0.2, 0.25) is 0 Å². The fourth-order valence-electron chi connectivity index (χ4n) is 2.31. The van der Waals surface area contributed by atoms with Crippen LogP contribution in [0.15, 0.2) is 33.6 Å². The third-order valence-electron chi connectivity index (χ3n) is 3.27. The van der Waals surface area contributed by atoms with Gasteiger partial charge in [0.05, 0.1) is 4.90 Å². The van der Waals surface area contributed by atoms with E-state index in [4.69, 9.17) is 5.73 Å². The smallest absolute Gasteiger partial charge is 0.244 e. The third kappa shape index (κ3) is 3.49. The van der Waals surface area contributed by atoms with Crippen molar-refractivity contribution >= 4 is 38.4 Å². The Bertz CT molecular complexity index is 524. The van der Waals surface area contributed by atoms with Crippen molar-refractivity contribution in [3.05, 3.63) is 28.7 Å². The normalized spacial score (nSPS) is 20.8. The van der Waals surface area contributed by atoms with Crippen LogP contribution in [-0.4, -0.2) is 31.9 Å². The van der Waals surface area contributed by atoms with Gasteiger partial charge in [-0.2, -0.15) is 4.31 Å². The van der Waals surface area contributed by atoms with E-state index in [0.717, 1.165) is 19.3 Å². The quantitative estimate of drug-likeness (QED) is 0.889. The molecule has 0 aromatic heterocycles. The van der Waals surface area contributed by atoms with Crippen molar-refractivity contribution in [1.29, 1.82) is 0 Å². The van der Waals surface area contributed by atoms with E-state index < -0.39 is 10.0 Å². The van der Waals surface area contributed by atoms with Crippen LogP contribution in [0.3, 0.4) is 0 Å². The molecule has 1 aromatic rings. The Kier molecular flexibility index (Phi) is 6.26. The minimum atomic E-state index is -3.45. The summed E-state index contributed by atoms with van der Waals surface area (Å²) in [6, 6.07) is 6.84. The van der Waals surface area contributed by atoms with E-state index in [9.17, 15) is 8.42 Å². The van der Waals surface area contributed by atoms with E-state index in [0.29, 0.717) is 22.5 Å². The summed E-state index contributed by atoms with van der Waals surface area (Å²) in [7, 11) is -3.45. The largest absolute Gasteiger partial charge is 0.329 e. The average molecular weight is 370 g/mol. The summed E-state index contributed by atoms with van der Waals surface area (Å²) < 4.78 is 27.4. The highest BCUT2D eigenvalue weighted by atomic mass is 79.9. The number of rotatable bonds is 3. The Morgan fingerprint density at radius 3 is 2.63 bits per heavy atom. The lowest BCUT2D eigenvalue weighted by molar-refractivity contribution is 0.257. The molecule has 0 aliphatic carbocycles. The zero-order valence-electron chi connectivity index (χ0n) is 10.5. The number of benzene rings is 1. The fourth-order valence-corrected chi connectivity index (χ4v) is 4.98. The van der Waals surface area contributed by atoms with E-state index in [2.05, 4.69) is 15.9 Å². The molecule has 2 N–H and O–H groups in total. The summed E-state index contributed by atoms with van der Waals surface area (Å²) in [6.45, 7) is 0.940. The maximum absolute atomic E-state index is 12.6. The molecule has 2 rings (SSSR count). The van der Waals surface area contributed by atoms with Crippen molar-refractivity contribution < 1.29 is 8.42 Å². The number of nitrogens with zero attached hydrogens (tertiary/aromatic N) is 1. The van der Waals surface area contributed by atoms with E-state index in [1.807, 2.05) is 0 Å². The van der Waals surface area contributed by atoms with Crippen LogP contribution in [0, 0.1) is 0 Å². The minimum absolute atomic E-state index is 0. The summed E-state index contributed by atoms with van der Waals surface area (Å²) in [5, 5.41) is 0. The van der Waals surface area contributed by atoms with Crippen molar-refractivity contribution in [3.63, 3.8) is 0 Å². The zero-order valence-corrected chi connectivity index (χ0v) is 13.7. The molecule has 1 heterocycles. The van der Waals surface area contributed by atoms with Gasteiger partial charge in [0.25, 0.3) is 0 Å². The van der Waals surface area contributed by atoms with Crippen molar-refractivity contribution in [2.24, 2.45) is 5.73 Å². The molecule has 1 aliphatic rings. The summed E-state index contributed by atoms with van der Waals surface area (Å²) >= 11 is 3.30. The highest BCUT2D eigenvalue weighted by Gasteiger charge is 2.33. The van der Waals surface area contributed by atoms with Crippen LogP contribution in [0.5, 0.6) is 0 Å². The number of hydrogen-bond acceptors (Lipinski definition) is 3. The maximum Gasteiger partial charge on any atom is 0.244 e. The van der Waals surface area contributed by atoms with E-state index in [1.165, 1.54) is 0 Å². The van der Waals surface area contributed by atoms with Gasteiger partial charge in [-0.1, -0.05) is 18.6 Å². The molecule has 1 fully saturated rings. The predicted octanol–water partition coefficient (Wildman–Crippen LogP) is 2.37. The first-order chi connectivity index (χ1) is 8.57. The van der Waals surface area contributed by atoms with Gasteiger partial charge in [0.2, 0.25) is 10.0 Å². The highest BCUT2D eigenvalue weighted by molar-refractivity contribution is 9.10. The number of sulfonamides is 1. The Hall–Kier alpha value is -0.140. The standard InChI is InChI=1S/C12H17BrN2O2S.ClH/c13-11-6-1-2-7-12(11)18(16,17)15-8-4-3-5-10(15)9-14;/h1-2,6-7,10H,3-5,8-9,14H2;1H. The number of piperidine rings is 1. The molecule has 0 spiro atoms. The van der Waals surface area contributed by atoms with Crippen molar-refractivity contribution in [2.45, 2.75) is 30.2 Å². The molecule has 0 saturated carbocycles. The number of halogens is 2. The summed E-state index contributed by atoms with van der Waals surface area (Å²) in [6.07, 6.45) is 2.80. The molecular weight excluding hydrogens is 352 g/mol. The Labute approximate surface area is 128 Å². The molecule has 1 aromatic carbocycles. The molecule has 0 bridgehead atoms. The Morgan fingerprint density at radius 1 is 1.32 bits per heavy atom. The molecule has 0 radical (unpaired) electrons. The van der Waals surface area contributed by atoms with E-state index in [-0.39, 0.29) is 18.4 Å². The van der Waals surface area contributed by atoms with Gasteiger partial charge in [-0.3, -0.25) is 0 Å².